The minimum atomic E-state index is -4.70. The molecular weight excluding hydrogens is 438 g/mol. The topological polar surface area (TPSA) is 68.9 Å². The van der Waals surface area contributed by atoms with Crippen molar-refractivity contribution in [3.05, 3.63) is 24.3 Å². The molecular formula is C15H21F3IN3O2. The Balaban J connectivity index is 0.00000288. The standard InChI is InChI=1S/C15H20F3N3O2.HI/c1-22-9-8-14(6-7-14)10-20-13(19)21-11-2-4-12(5-3-11)23-15(16,17)18;/h2-5H,6-10H2,1H3,(H3,19,20,21);1H. The summed E-state index contributed by atoms with van der Waals surface area (Å²) in [4.78, 5) is 4.30. The van der Waals surface area contributed by atoms with Crippen LogP contribution in [-0.2, 0) is 4.74 Å². The zero-order chi connectivity index (χ0) is 16.9. The van der Waals surface area contributed by atoms with Crippen molar-refractivity contribution in [1.82, 2.24) is 0 Å². The van der Waals surface area contributed by atoms with Gasteiger partial charge in [-0.25, -0.2) is 0 Å². The molecule has 0 aromatic heterocycles. The summed E-state index contributed by atoms with van der Waals surface area (Å²) in [7, 11) is 1.67. The highest BCUT2D eigenvalue weighted by molar-refractivity contribution is 14.0. The Morgan fingerprint density at radius 3 is 2.42 bits per heavy atom. The molecule has 1 aromatic carbocycles. The third kappa shape index (κ3) is 7.12. The van der Waals surface area contributed by atoms with Gasteiger partial charge >= 0.3 is 6.36 Å². The molecule has 0 spiro atoms. The van der Waals surface area contributed by atoms with Gasteiger partial charge in [-0.3, -0.25) is 4.99 Å². The Morgan fingerprint density at radius 2 is 1.92 bits per heavy atom. The molecule has 136 valence electrons. The van der Waals surface area contributed by atoms with E-state index in [9.17, 15) is 13.2 Å². The second-order valence-electron chi connectivity index (χ2n) is 5.64. The molecule has 1 fully saturated rings. The summed E-state index contributed by atoms with van der Waals surface area (Å²) in [5.74, 6) is -0.0479. The van der Waals surface area contributed by atoms with E-state index in [-0.39, 0.29) is 41.1 Å². The first-order chi connectivity index (χ1) is 10.8. The van der Waals surface area contributed by atoms with E-state index in [4.69, 9.17) is 10.5 Å². The fourth-order valence-corrected chi connectivity index (χ4v) is 2.16. The van der Waals surface area contributed by atoms with Gasteiger partial charge in [-0.05, 0) is 48.9 Å². The van der Waals surface area contributed by atoms with Crippen LogP contribution in [0.3, 0.4) is 0 Å². The molecule has 1 aromatic rings. The highest BCUT2D eigenvalue weighted by atomic mass is 127. The van der Waals surface area contributed by atoms with Crippen LogP contribution < -0.4 is 15.8 Å². The predicted molar refractivity (Wildman–Crippen MR) is 96.8 cm³/mol. The molecule has 0 aliphatic heterocycles. The Morgan fingerprint density at radius 1 is 1.29 bits per heavy atom. The summed E-state index contributed by atoms with van der Waals surface area (Å²) in [5.41, 5.74) is 6.54. The van der Waals surface area contributed by atoms with Gasteiger partial charge in [0.2, 0.25) is 0 Å². The number of aliphatic imine (C=N–C) groups is 1. The van der Waals surface area contributed by atoms with Gasteiger partial charge in [0.1, 0.15) is 5.75 Å². The van der Waals surface area contributed by atoms with Crippen molar-refractivity contribution in [3.8, 4) is 5.75 Å². The zero-order valence-electron chi connectivity index (χ0n) is 13.2. The lowest BCUT2D eigenvalue weighted by Crippen LogP contribution is -2.24. The minimum Gasteiger partial charge on any atom is -0.406 e. The number of hydrogen-bond acceptors (Lipinski definition) is 3. The minimum absolute atomic E-state index is 0. The molecule has 0 atom stereocenters. The van der Waals surface area contributed by atoms with E-state index in [1.54, 1.807) is 7.11 Å². The van der Waals surface area contributed by atoms with E-state index in [0.29, 0.717) is 18.8 Å². The summed E-state index contributed by atoms with van der Waals surface area (Å²) in [5, 5.41) is 2.85. The van der Waals surface area contributed by atoms with Gasteiger partial charge < -0.3 is 20.5 Å². The molecule has 1 aliphatic carbocycles. The fourth-order valence-electron chi connectivity index (χ4n) is 2.16. The van der Waals surface area contributed by atoms with Gasteiger partial charge in [-0.15, -0.1) is 37.1 Å². The maximum Gasteiger partial charge on any atom is 0.573 e. The zero-order valence-corrected chi connectivity index (χ0v) is 15.6. The Bertz CT molecular complexity index is 546. The number of rotatable bonds is 7. The number of halogens is 4. The summed E-state index contributed by atoms with van der Waals surface area (Å²) < 4.78 is 45.1. The Kier molecular flexibility index (Phi) is 7.58. The number of anilines is 1. The first-order valence-corrected chi connectivity index (χ1v) is 7.24. The van der Waals surface area contributed by atoms with Crippen molar-refractivity contribution in [2.45, 2.75) is 25.6 Å². The number of benzene rings is 1. The van der Waals surface area contributed by atoms with Crippen LogP contribution in [0.5, 0.6) is 5.75 Å². The molecule has 0 heterocycles. The van der Waals surface area contributed by atoms with E-state index in [1.165, 1.54) is 24.3 Å². The Labute approximate surface area is 155 Å². The average molecular weight is 459 g/mol. The van der Waals surface area contributed by atoms with Crippen LogP contribution in [0, 0.1) is 5.41 Å². The van der Waals surface area contributed by atoms with E-state index in [2.05, 4.69) is 15.0 Å². The fraction of sp³-hybridized carbons (Fsp3) is 0.533. The van der Waals surface area contributed by atoms with Gasteiger partial charge in [0.25, 0.3) is 0 Å². The summed E-state index contributed by atoms with van der Waals surface area (Å²) in [6, 6.07) is 5.32. The van der Waals surface area contributed by atoms with Gasteiger partial charge in [0.15, 0.2) is 5.96 Å². The molecule has 3 N–H and O–H groups in total. The number of nitrogens with zero attached hydrogens (tertiary/aromatic N) is 1. The summed E-state index contributed by atoms with van der Waals surface area (Å²) in [6.07, 6.45) is -1.53. The van der Waals surface area contributed by atoms with Crippen LogP contribution in [0.15, 0.2) is 29.3 Å². The monoisotopic (exact) mass is 459 g/mol. The van der Waals surface area contributed by atoms with Crippen LogP contribution in [0.1, 0.15) is 19.3 Å². The van der Waals surface area contributed by atoms with Crippen molar-refractivity contribution in [2.24, 2.45) is 16.1 Å². The molecule has 0 saturated heterocycles. The molecule has 5 nitrogen and oxygen atoms in total. The first-order valence-electron chi connectivity index (χ1n) is 7.24. The molecule has 24 heavy (non-hydrogen) atoms. The van der Waals surface area contributed by atoms with Gasteiger partial charge in [-0.2, -0.15) is 0 Å². The van der Waals surface area contributed by atoms with E-state index < -0.39 is 6.36 Å². The van der Waals surface area contributed by atoms with Gasteiger partial charge in [0, 0.05) is 25.9 Å². The number of ether oxygens (including phenoxy) is 2. The van der Waals surface area contributed by atoms with Crippen LogP contribution in [-0.4, -0.2) is 32.6 Å². The molecule has 2 rings (SSSR count). The van der Waals surface area contributed by atoms with E-state index >= 15 is 0 Å². The lowest BCUT2D eigenvalue weighted by Gasteiger charge is -2.13. The lowest BCUT2D eigenvalue weighted by atomic mass is 10.0. The van der Waals surface area contributed by atoms with Crippen LogP contribution in [0.4, 0.5) is 18.9 Å². The molecule has 1 saturated carbocycles. The second kappa shape index (κ2) is 8.75. The van der Waals surface area contributed by atoms with E-state index in [0.717, 1.165) is 19.3 Å². The van der Waals surface area contributed by atoms with Crippen LogP contribution in [0.25, 0.3) is 0 Å². The Hall–Kier alpha value is -1.23. The third-order valence-electron chi connectivity index (χ3n) is 3.74. The number of hydrogen-bond donors (Lipinski definition) is 2. The lowest BCUT2D eigenvalue weighted by molar-refractivity contribution is -0.274. The highest BCUT2D eigenvalue weighted by Crippen LogP contribution is 2.48. The smallest absolute Gasteiger partial charge is 0.406 e. The summed E-state index contributed by atoms with van der Waals surface area (Å²) >= 11 is 0. The van der Waals surface area contributed by atoms with Crippen molar-refractivity contribution in [1.29, 1.82) is 0 Å². The molecule has 0 radical (unpaired) electrons. The van der Waals surface area contributed by atoms with Crippen molar-refractivity contribution < 1.29 is 22.6 Å². The maximum absolute atomic E-state index is 12.1. The SMILES string of the molecule is COCCC1(CN=C(N)Nc2ccc(OC(F)(F)F)cc2)CC1.I. The number of alkyl halides is 3. The molecule has 0 amide bonds. The summed E-state index contributed by atoms with van der Waals surface area (Å²) in [6.45, 7) is 1.31. The second-order valence-corrected chi connectivity index (χ2v) is 5.64. The first kappa shape index (κ1) is 20.8. The van der Waals surface area contributed by atoms with Crippen LogP contribution in [0.2, 0.25) is 0 Å². The number of guanidine groups is 1. The van der Waals surface area contributed by atoms with Crippen molar-refractivity contribution in [2.75, 3.05) is 25.6 Å². The largest absolute Gasteiger partial charge is 0.573 e. The van der Waals surface area contributed by atoms with Crippen molar-refractivity contribution >= 4 is 35.6 Å². The quantitative estimate of drug-likeness (QED) is 0.371. The van der Waals surface area contributed by atoms with Gasteiger partial charge in [0.05, 0.1) is 0 Å². The van der Waals surface area contributed by atoms with E-state index in [1.807, 2.05) is 0 Å². The maximum atomic E-state index is 12.1. The van der Waals surface area contributed by atoms with Gasteiger partial charge in [-0.1, -0.05) is 0 Å². The number of nitrogens with two attached hydrogens (primary N) is 1. The normalized spacial score (nSPS) is 16.2. The average Bonchev–Trinajstić information content (AvgIpc) is 3.24. The molecule has 9 heteroatoms. The molecule has 1 aliphatic rings. The van der Waals surface area contributed by atoms with Crippen molar-refractivity contribution in [3.63, 3.8) is 0 Å². The predicted octanol–water partition coefficient (Wildman–Crippen LogP) is 3.75. The highest BCUT2D eigenvalue weighted by Gasteiger charge is 2.41. The number of methoxy groups -OCH3 is 1. The third-order valence-corrected chi connectivity index (χ3v) is 3.74. The van der Waals surface area contributed by atoms with Crippen LogP contribution >= 0.6 is 24.0 Å². The molecule has 0 bridgehead atoms. The molecule has 0 unspecified atom stereocenters. The number of nitrogens with one attached hydrogen (secondary N) is 1.